The van der Waals surface area contributed by atoms with Gasteiger partial charge in [0.05, 0.1) is 36.2 Å². The van der Waals surface area contributed by atoms with E-state index in [-0.39, 0.29) is 11.4 Å². The Kier molecular flexibility index (Phi) is 4.97. The first-order valence-corrected chi connectivity index (χ1v) is 9.52. The molecule has 2 aromatic heterocycles. The second-order valence-electron chi connectivity index (χ2n) is 7.90. The van der Waals surface area contributed by atoms with Crippen molar-refractivity contribution in [2.45, 2.75) is 25.0 Å². The minimum absolute atomic E-state index is 0.0793. The van der Waals surface area contributed by atoms with E-state index in [0.29, 0.717) is 18.1 Å². The second-order valence-corrected chi connectivity index (χ2v) is 7.90. The quantitative estimate of drug-likeness (QED) is 0.801. The van der Waals surface area contributed by atoms with E-state index < -0.39 is 0 Å². The lowest BCUT2D eigenvalue weighted by Crippen LogP contribution is -2.72. The summed E-state index contributed by atoms with van der Waals surface area (Å²) in [6.45, 7) is 3.93. The number of likely N-dealkylation sites (tertiary alicyclic amines) is 2. The lowest BCUT2D eigenvalue weighted by atomic mass is 9.75. The molecule has 0 saturated carbocycles. The van der Waals surface area contributed by atoms with Crippen molar-refractivity contribution in [1.29, 1.82) is 0 Å². The van der Waals surface area contributed by atoms with Crippen molar-refractivity contribution in [2.75, 3.05) is 33.3 Å². The van der Waals surface area contributed by atoms with Crippen LogP contribution >= 0.6 is 0 Å². The van der Waals surface area contributed by atoms with Crippen LogP contribution in [-0.2, 0) is 18.4 Å². The number of likely N-dealkylation sites (N-methyl/N-ethyl adjacent to an activating group) is 1. The third-order valence-electron chi connectivity index (χ3n) is 5.89. The Bertz CT molecular complexity index is 785. The van der Waals surface area contributed by atoms with Gasteiger partial charge in [-0.2, -0.15) is 5.10 Å². The minimum atomic E-state index is 0.0793. The SMILES string of the molecule is CN1CC[C@@H](COCc2ccccn2)CC12CN(C(=O)c1cnn(C)c1)C2. The number of piperidine rings is 1. The molecule has 27 heavy (non-hydrogen) atoms. The van der Waals surface area contributed by atoms with Crippen LogP contribution in [0.25, 0.3) is 0 Å². The van der Waals surface area contributed by atoms with Gasteiger partial charge >= 0.3 is 0 Å². The molecule has 4 rings (SSSR count). The Balaban J connectivity index is 1.30. The molecular formula is C20H27N5O2. The number of aryl methyl sites for hydroxylation is 1. The summed E-state index contributed by atoms with van der Waals surface area (Å²) in [6.07, 6.45) is 7.43. The molecule has 1 spiro atoms. The van der Waals surface area contributed by atoms with E-state index in [9.17, 15) is 4.79 Å². The number of hydrogen-bond donors (Lipinski definition) is 0. The van der Waals surface area contributed by atoms with Crippen molar-refractivity contribution >= 4 is 5.91 Å². The normalized spacial score (nSPS) is 22.0. The lowest BCUT2D eigenvalue weighted by molar-refractivity contribution is -0.0769. The summed E-state index contributed by atoms with van der Waals surface area (Å²) in [5.74, 6) is 0.608. The fourth-order valence-electron chi connectivity index (χ4n) is 4.26. The molecule has 7 heteroatoms. The number of aromatic nitrogens is 3. The van der Waals surface area contributed by atoms with Crippen LogP contribution < -0.4 is 0 Å². The van der Waals surface area contributed by atoms with Crippen molar-refractivity contribution in [3.63, 3.8) is 0 Å². The first kappa shape index (κ1) is 18.1. The zero-order valence-electron chi connectivity index (χ0n) is 16.0. The molecule has 2 aromatic rings. The number of ether oxygens (including phenoxy) is 1. The van der Waals surface area contributed by atoms with Crippen LogP contribution in [0.5, 0.6) is 0 Å². The Morgan fingerprint density at radius 1 is 1.33 bits per heavy atom. The van der Waals surface area contributed by atoms with Crippen LogP contribution in [0.4, 0.5) is 0 Å². The largest absolute Gasteiger partial charge is 0.375 e. The van der Waals surface area contributed by atoms with Crippen LogP contribution in [0, 0.1) is 5.92 Å². The molecule has 0 N–H and O–H groups in total. The van der Waals surface area contributed by atoms with Gasteiger partial charge < -0.3 is 9.64 Å². The molecule has 144 valence electrons. The van der Waals surface area contributed by atoms with Gasteiger partial charge in [-0.15, -0.1) is 0 Å². The van der Waals surface area contributed by atoms with E-state index in [1.54, 1.807) is 23.3 Å². The topological polar surface area (TPSA) is 63.5 Å². The molecule has 1 amide bonds. The molecule has 7 nitrogen and oxygen atoms in total. The van der Waals surface area contributed by atoms with Gasteiger partial charge in [0, 0.05) is 32.5 Å². The zero-order chi connectivity index (χ0) is 18.9. The molecular weight excluding hydrogens is 342 g/mol. The summed E-state index contributed by atoms with van der Waals surface area (Å²) in [5, 5.41) is 4.11. The van der Waals surface area contributed by atoms with Gasteiger partial charge in [-0.1, -0.05) is 6.07 Å². The van der Waals surface area contributed by atoms with E-state index in [2.05, 4.69) is 22.0 Å². The maximum Gasteiger partial charge on any atom is 0.257 e. The molecule has 4 heterocycles. The number of carbonyl (C=O) groups excluding carboxylic acids is 1. The lowest BCUT2D eigenvalue weighted by Gasteiger charge is -2.58. The van der Waals surface area contributed by atoms with Crippen LogP contribution in [0.3, 0.4) is 0 Å². The van der Waals surface area contributed by atoms with Crippen molar-refractivity contribution < 1.29 is 9.53 Å². The summed E-state index contributed by atoms with van der Waals surface area (Å²) in [6, 6.07) is 5.89. The van der Waals surface area contributed by atoms with Crippen LogP contribution in [-0.4, -0.2) is 69.3 Å². The fraction of sp³-hybridized carbons (Fsp3) is 0.550. The van der Waals surface area contributed by atoms with Gasteiger partial charge in [-0.25, -0.2) is 0 Å². The Morgan fingerprint density at radius 3 is 2.89 bits per heavy atom. The summed E-state index contributed by atoms with van der Waals surface area (Å²) in [5.41, 5.74) is 1.73. The number of amides is 1. The van der Waals surface area contributed by atoms with E-state index >= 15 is 0 Å². The van der Waals surface area contributed by atoms with Crippen molar-refractivity contribution in [3.05, 3.63) is 48.0 Å². The van der Waals surface area contributed by atoms with Crippen LogP contribution in [0.1, 0.15) is 28.9 Å². The van der Waals surface area contributed by atoms with Crippen molar-refractivity contribution in [3.8, 4) is 0 Å². The highest BCUT2D eigenvalue weighted by Gasteiger charge is 2.51. The predicted molar refractivity (Wildman–Crippen MR) is 101 cm³/mol. The molecule has 2 aliphatic rings. The number of nitrogens with zero attached hydrogens (tertiary/aromatic N) is 5. The van der Waals surface area contributed by atoms with Crippen LogP contribution in [0.2, 0.25) is 0 Å². The van der Waals surface area contributed by atoms with E-state index in [1.165, 1.54) is 0 Å². The molecule has 0 bridgehead atoms. The molecule has 0 aromatic carbocycles. The molecule has 2 saturated heterocycles. The minimum Gasteiger partial charge on any atom is -0.375 e. The summed E-state index contributed by atoms with van der Waals surface area (Å²) < 4.78 is 7.60. The predicted octanol–water partition coefficient (Wildman–Crippen LogP) is 1.57. The molecule has 0 unspecified atom stereocenters. The first-order chi connectivity index (χ1) is 13.1. The maximum absolute atomic E-state index is 12.6. The van der Waals surface area contributed by atoms with Gasteiger partial charge in [0.2, 0.25) is 0 Å². The second kappa shape index (κ2) is 7.40. The molecule has 0 aliphatic carbocycles. The molecule has 2 aliphatic heterocycles. The number of carbonyl (C=O) groups is 1. The average molecular weight is 369 g/mol. The number of rotatable bonds is 5. The van der Waals surface area contributed by atoms with Crippen LogP contribution in [0.15, 0.2) is 36.8 Å². The summed E-state index contributed by atoms with van der Waals surface area (Å²) in [7, 11) is 4.01. The standard InChI is InChI=1S/C20H27N5O2/c1-23-8-6-16(12-27-13-18-5-3-4-7-21-18)9-20(23)14-25(15-20)19(26)17-10-22-24(2)11-17/h3-5,7,10-11,16H,6,8-9,12-15H2,1-2H3/t16-/m1/s1. The Morgan fingerprint density at radius 2 is 2.19 bits per heavy atom. The zero-order valence-corrected chi connectivity index (χ0v) is 16.0. The molecule has 0 radical (unpaired) electrons. The third-order valence-corrected chi connectivity index (χ3v) is 5.89. The first-order valence-electron chi connectivity index (χ1n) is 9.52. The van der Waals surface area contributed by atoms with Gasteiger partial charge in [0.25, 0.3) is 5.91 Å². The highest BCUT2D eigenvalue weighted by atomic mass is 16.5. The van der Waals surface area contributed by atoms with E-state index in [4.69, 9.17) is 4.74 Å². The van der Waals surface area contributed by atoms with E-state index in [0.717, 1.165) is 44.8 Å². The monoisotopic (exact) mass is 369 g/mol. The number of pyridine rings is 1. The van der Waals surface area contributed by atoms with Crippen molar-refractivity contribution in [2.24, 2.45) is 13.0 Å². The Labute approximate surface area is 159 Å². The smallest absolute Gasteiger partial charge is 0.257 e. The highest BCUT2D eigenvalue weighted by molar-refractivity contribution is 5.94. The maximum atomic E-state index is 12.6. The molecule has 2 fully saturated rings. The van der Waals surface area contributed by atoms with Gasteiger partial charge in [0.1, 0.15) is 0 Å². The fourth-order valence-corrected chi connectivity index (χ4v) is 4.26. The average Bonchev–Trinajstić information content (AvgIpc) is 3.08. The van der Waals surface area contributed by atoms with Gasteiger partial charge in [-0.3, -0.25) is 19.4 Å². The highest BCUT2D eigenvalue weighted by Crippen LogP contribution is 2.38. The molecule has 1 atom stereocenters. The van der Waals surface area contributed by atoms with Crippen molar-refractivity contribution in [1.82, 2.24) is 24.6 Å². The summed E-state index contributed by atoms with van der Waals surface area (Å²) >= 11 is 0. The number of hydrogen-bond acceptors (Lipinski definition) is 5. The van der Waals surface area contributed by atoms with Gasteiger partial charge in [-0.05, 0) is 44.5 Å². The Hall–Kier alpha value is -2.25. The third kappa shape index (κ3) is 3.75. The summed E-state index contributed by atoms with van der Waals surface area (Å²) in [4.78, 5) is 21.3. The van der Waals surface area contributed by atoms with Gasteiger partial charge in [0.15, 0.2) is 0 Å². The van der Waals surface area contributed by atoms with E-state index in [1.807, 2.05) is 30.1 Å².